The van der Waals surface area contributed by atoms with Crippen molar-refractivity contribution in [3.8, 4) is 0 Å². The fourth-order valence-corrected chi connectivity index (χ4v) is 1.74. The van der Waals surface area contributed by atoms with Crippen LogP contribution in [-0.2, 0) is 42.9 Å². The SMILES string of the molecule is CC(=O)OCC(OC(C)=O)C(OC(C)=O)C(OC(C)=O)C(F)C=O. The van der Waals surface area contributed by atoms with E-state index in [1.165, 1.54) is 0 Å². The Kier molecular flexibility index (Phi) is 9.21. The highest BCUT2D eigenvalue weighted by Gasteiger charge is 2.42. The number of halogens is 1. The molecule has 0 aliphatic heterocycles. The van der Waals surface area contributed by atoms with E-state index in [4.69, 9.17) is 9.47 Å². The topological polar surface area (TPSA) is 122 Å². The summed E-state index contributed by atoms with van der Waals surface area (Å²) >= 11 is 0. The Bertz CT molecular complexity index is 491. The molecule has 0 amide bonds. The first-order chi connectivity index (χ1) is 11.1. The van der Waals surface area contributed by atoms with Crippen LogP contribution in [0.15, 0.2) is 0 Å². The molecule has 0 aliphatic carbocycles. The van der Waals surface area contributed by atoms with E-state index in [0.717, 1.165) is 27.7 Å². The highest BCUT2D eigenvalue weighted by molar-refractivity contribution is 5.69. The van der Waals surface area contributed by atoms with E-state index < -0.39 is 55.0 Å². The third kappa shape index (κ3) is 8.20. The summed E-state index contributed by atoms with van der Waals surface area (Å²) in [6.45, 7) is 3.40. The molecule has 0 N–H and O–H groups in total. The summed E-state index contributed by atoms with van der Waals surface area (Å²) in [4.78, 5) is 55.3. The van der Waals surface area contributed by atoms with Gasteiger partial charge >= 0.3 is 23.9 Å². The number of carbonyl (C=O) groups is 5. The second kappa shape index (κ2) is 10.3. The van der Waals surface area contributed by atoms with Gasteiger partial charge in [0, 0.05) is 27.7 Å². The van der Waals surface area contributed by atoms with Gasteiger partial charge in [-0.25, -0.2) is 4.39 Å². The average Bonchev–Trinajstić information content (AvgIpc) is 2.45. The molecule has 0 aromatic rings. The molecule has 4 unspecified atom stereocenters. The van der Waals surface area contributed by atoms with E-state index in [-0.39, 0.29) is 6.29 Å². The first-order valence-electron chi connectivity index (χ1n) is 6.82. The third-order valence-corrected chi connectivity index (χ3v) is 2.51. The van der Waals surface area contributed by atoms with Crippen LogP contribution < -0.4 is 0 Å². The number of aldehydes is 1. The Morgan fingerprint density at radius 3 is 1.67 bits per heavy atom. The molecule has 0 bridgehead atoms. The fraction of sp³-hybridized carbons (Fsp3) is 0.643. The minimum Gasteiger partial charge on any atom is -0.462 e. The first-order valence-corrected chi connectivity index (χ1v) is 6.82. The zero-order valence-corrected chi connectivity index (χ0v) is 13.6. The van der Waals surface area contributed by atoms with E-state index in [9.17, 15) is 28.4 Å². The summed E-state index contributed by atoms with van der Waals surface area (Å²) < 4.78 is 32.9. The number of ether oxygens (including phenoxy) is 4. The van der Waals surface area contributed by atoms with Gasteiger partial charge in [-0.2, -0.15) is 0 Å². The third-order valence-electron chi connectivity index (χ3n) is 2.51. The molecule has 0 saturated carbocycles. The summed E-state index contributed by atoms with van der Waals surface area (Å²) in [5, 5.41) is 0. The van der Waals surface area contributed by atoms with Crippen molar-refractivity contribution in [2.75, 3.05) is 6.61 Å². The van der Waals surface area contributed by atoms with Crippen LogP contribution in [0.2, 0.25) is 0 Å². The van der Waals surface area contributed by atoms with Crippen LogP contribution in [0.4, 0.5) is 4.39 Å². The van der Waals surface area contributed by atoms with Crippen molar-refractivity contribution in [1.82, 2.24) is 0 Å². The zero-order chi connectivity index (χ0) is 18.9. The lowest BCUT2D eigenvalue weighted by molar-refractivity contribution is -0.194. The van der Waals surface area contributed by atoms with Gasteiger partial charge in [0.15, 0.2) is 30.8 Å². The van der Waals surface area contributed by atoms with Crippen molar-refractivity contribution in [3.63, 3.8) is 0 Å². The van der Waals surface area contributed by atoms with Crippen molar-refractivity contribution >= 4 is 30.2 Å². The number of hydrogen-bond acceptors (Lipinski definition) is 9. The lowest BCUT2D eigenvalue weighted by Crippen LogP contribution is -2.51. The van der Waals surface area contributed by atoms with E-state index >= 15 is 0 Å². The maximum Gasteiger partial charge on any atom is 0.303 e. The first kappa shape index (κ1) is 21.5. The summed E-state index contributed by atoms with van der Waals surface area (Å²) in [6, 6.07) is 0. The van der Waals surface area contributed by atoms with Gasteiger partial charge in [0.05, 0.1) is 0 Å². The van der Waals surface area contributed by atoms with Crippen LogP contribution in [0.1, 0.15) is 27.7 Å². The van der Waals surface area contributed by atoms with Gasteiger partial charge in [0.1, 0.15) is 6.61 Å². The largest absolute Gasteiger partial charge is 0.462 e. The van der Waals surface area contributed by atoms with E-state index in [0.29, 0.717) is 0 Å². The van der Waals surface area contributed by atoms with Crippen LogP contribution in [0.3, 0.4) is 0 Å². The standard InChI is InChI=1S/C14H19FO9/c1-7(17)21-6-12(22-8(2)18)14(24-10(4)20)13(11(15)5-16)23-9(3)19/h5,11-14H,6H2,1-4H3. The number of hydrogen-bond donors (Lipinski definition) is 0. The second-order valence-corrected chi connectivity index (χ2v) is 4.68. The molecule has 0 aliphatic rings. The van der Waals surface area contributed by atoms with Crippen molar-refractivity contribution in [1.29, 1.82) is 0 Å². The van der Waals surface area contributed by atoms with Gasteiger partial charge in [-0.3, -0.25) is 24.0 Å². The molecule has 0 heterocycles. The Labute approximate surface area is 137 Å². The normalized spacial score (nSPS) is 15.2. The molecule has 4 atom stereocenters. The fourth-order valence-electron chi connectivity index (χ4n) is 1.74. The zero-order valence-electron chi connectivity index (χ0n) is 13.6. The van der Waals surface area contributed by atoms with Crippen LogP contribution >= 0.6 is 0 Å². The molecule has 0 radical (unpaired) electrons. The molecule has 0 fully saturated rings. The number of esters is 4. The minimum atomic E-state index is -2.37. The van der Waals surface area contributed by atoms with Crippen LogP contribution in [-0.4, -0.2) is 61.3 Å². The summed E-state index contributed by atoms with van der Waals surface area (Å²) in [5.41, 5.74) is 0. The van der Waals surface area contributed by atoms with Crippen LogP contribution in [0.25, 0.3) is 0 Å². The van der Waals surface area contributed by atoms with Crippen molar-refractivity contribution in [2.45, 2.75) is 52.2 Å². The molecule has 0 saturated heterocycles. The van der Waals surface area contributed by atoms with Crippen molar-refractivity contribution in [2.24, 2.45) is 0 Å². The average molecular weight is 350 g/mol. The lowest BCUT2D eigenvalue weighted by Gasteiger charge is -2.31. The van der Waals surface area contributed by atoms with E-state index in [1.54, 1.807) is 0 Å². The smallest absolute Gasteiger partial charge is 0.303 e. The van der Waals surface area contributed by atoms with Gasteiger partial charge in [0.25, 0.3) is 0 Å². The molecular formula is C14H19FO9. The molecule has 24 heavy (non-hydrogen) atoms. The Morgan fingerprint density at radius 1 is 0.833 bits per heavy atom. The van der Waals surface area contributed by atoms with E-state index in [2.05, 4.69) is 9.47 Å². The van der Waals surface area contributed by atoms with Gasteiger partial charge in [-0.15, -0.1) is 0 Å². The molecule has 0 spiro atoms. The monoisotopic (exact) mass is 350 g/mol. The Morgan fingerprint density at radius 2 is 1.29 bits per heavy atom. The summed E-state index contributed by atoms with van der Waals surface area (Å²) in [7, 11) is 0. The molecule has 0 aromatic heterocycles. The van der Waals surface area contributed by atoms with E-state index in [1.807, 2.05) is 0 Å². The number of alkyl halides is 1. The van der Waals surface area contributed by atoms with Crippen LogP contribution in [0, 0.1) is 0 Å². The van der Waals surface area contributed by atoms with Crippen molar-refractivity contribution in [3.05, 3.63) is 0 Å². The molecule has 9 nitrogen and oxygen atoms in total. The lowest BCUT2D eigenvalue weighted by atomic mass is 10.0. The molecule has 0 rings (SSSR count). The van der Waals surface area contributed by atoms with Crippen LogP contribution in [0.5, 0.6) is 0 Å². The maximum absolute atomic E-state index is 13.9. The summed E-state index contributed by atoms with van der Waals surface area (Å²) in [5.74, 6) is -3.48. The maximum atomic E-state index is 13.9. The molecule has 0 aromatic carbocycles. The van der Waals surface area contributed by atoms with Gasteiger partial charge in [0.2, 0.25) is 0 Å². The highest BCUT2D eigenvalue weighted by atomic mass is 19.1. The quantitative estimate of drug-likeness (QED) is 0.318. The predicted molar refractivity (Wildman–Crippen MR) is 74.3 cm³/mol. The molecule has 10 heteroatoms. The van der Waals surface area contributed by atoms with Gasteiger partial charge < -0.3 is 18.9 Å². The second-order valence-electron chi connectivity index (χ2n) is 4.68. The Hall–Kier alpha value is -2.52. The van der Waals surface area contributed by atoms with Gasteiger partial charge in [-0.1, -0.05) is 0 Å². The van der Waals surface area contributed by atoms with Gasteiger partial charge in [-0.05, 0) is 0 Å². The summed E-state index contributed by atoms with van der Waals surface area (Å²) in [6.07, 6.45) is -7.61. The molecule has 136 valence electrons. The molecular weight excluding hydrogens is 331 g/mol. The Balaban J connectivity index is 5.67. The number of rotatable bonds is 9. The predicted octanol–water partition coefficient (Wildman–Crippen LogP) is -0.118. The number of carbonyl (C=O) groups excluding carboxylic acids is 5. The van der Waals surface area contributed by atoms with Crippen molar-refractivity contribution < 1.29 is 47.3 Å². The highest BCUT2D eigenvalue weighted by Crippen LogP contribution is 2.19. The minimum absolute atomic E-state index is 0.166.